The highest BCUT2D eigenvalue weighted by atomic mass is 35.5. The fourth-order valence-electron chi connectivity index (χ4n) is 1.16. The van der Waals surface area contributed by atoms with Crippen molar-refractivity contribution in [1.29, 1.82) is 0 Å². The van der Waals surface area contributed by atoms with Crippen molar-refractivity contribution in [3.8, 4) is 0 Å². The van der Waals surface area contributed by atoms with Crippen LogP contribution in [0.25, 0.3) is 5.57 Å². The van der Waals surface area contributed by atoms with E-state index in [0.717, 1.165) is 11.4 Å². The summed E-state index contributed by atoms with van der Waals surface area (Å²) in [4.78, 5) is 0. The highest BCUT2D eigenvalue weighted by Gasteiger charge is 1.94. The van der Waals surface area contributed by atoms with E-state index in [1.807, 2.05) is 18.2 Å². The number of hydrogen-bond donors (Lipinski definition) is 0. The molecule has 0 nitrogen and oxygen atoms in total. The van der Waals surface area contributed by atoms with Crippen LogP contribution >= 0.6 is 11.6 Å². The molecule has 0 aliphatic carbocycles. The summed E-state index contributed by atoms with van der Waals surface area (Å²) < 4.78 is 0. The minimum Gasteiger partial charge on any atom is -0.0843 e. The quantitative estimate of drug-likeness (QED) is 0.642. The van der Waals surface area contributed by atoms with Crippen molar-refractivity contribution in [2.75, 3.05) is 0 Å². The number of halogens is 1. The Morgan fingerprint density at radius 2 is 2.25 bits per heavy atom. The maximum absolute atomic E-state index is 5.86. The lowest BCUT2D eigenvalue weighted by Crippen LogP contribution is -1.78. The van der Waals surface area contributed by atoms with Crippen molar-refractivity contribution in [2.45, 2.75) is 20.3 Å². The van der Waals surface area contributed by atoms with Gasteiger partial charge < -0.3 is 0 Å². The first-order chi connectivity index (χ1) is 5.74. The zero-order valence-corrected chi connectivity index (χ0v) is 8.23. The Kier molecular flexibility index (Phi) is 3.36. The van der Waals surface area contributed by atoms with Crippen LogP contribution in [0.2, 0.25) is 5.02 Å². The van der Waals surface area contributed by atoms with Crippen molar-refractivity contribution in [2.24, 2.45) is 0 Å². The highest BCUT2D eigenvalue weighted by Crippen LogP contribution is 2.18. The molecule has 1 rings (SSSR count). The molecule has 0 aliphatic heterocycles. The van der Waals surface area contributed by atoms with E-state index in [0.29, 0.717) is 0 Å². The number of allylic oxidation sites excluding steroid dienone is 2. The molecular weight excluding hydrogens is 168 g/mol. The molecule has 64 valence electrons. The monoisotopic (exact) mass is 180 g/mol. The zero-order valence-electron chi connectivity index (χ0n) is 7.47. The molecule has 0 amide bonds. The van der Waals surface area contributed by atoms with Gasteiger partial charge in [0.15, 0.2) is 0 Å². The molecule has 0 radical (unpaired) electrons. The zero-order chi connectivity index (χ0) is 8.97. The average molecular weight is 181 g/mol. The van der Waals surface area contributed by atoms with Gasteiger partial charge >= 0.3 is 0 Å². The van der Waals surface area contributed by atoms with Gasteiger partial charge in [-0.05, 0) is 36.6 Å². The Hall–Kier alpha value is -0.750. The summed E-state index contributed by atoms with van der Waals surface area (Å²) in [7, 11) is 0. The van der Waals surface area contributed by atoms with Gasteiger partial charge in [0.2, 0.25) is 0 Å². The van der Waals surface area contributed by atoms with Crippen LogP contribution < -0.4 is 0 Å². The normalized spacial score (nSPS) is 11.8. The largest absolute Gasteiger partial charge is 0.0843 e. The van der Waals surface area contributed by atoms with Gasteiger partial charge in [-0.2, -0.15) is 0 Å². The molecule has 0 heterocycles. The summed E-state index contributed by atoms with van der Waals surface area (Å²) in [6.45, 7) is 4.24. The molecule has 0 saturated heterocycles. The van der Waals surface area contributed by atoms with Crippen LogP contribution in [-0.4, -0.2) is 0 Å². The standard InChI is InChI=1S/C11H13Cl/c1-3-5-9(2)10-6-4-7-11(12)8-10/h4-8H,3H2,1-2H3/b9-5+. The molecule has 1 aromatic carbocycles. The number of hydrogen-bond acceptors (Lipinski definition) is 0. The second-order valence-electron chi connectivity index (χ2n) is 2.81. The molecule has 0 bridgehead atoms. The van der Waals surface area contributed by atoms with Gasteiger partial charge in [-0.3, -0.25) is 0 Å². The third kappa shape index (κ3) is 2.38. The molecule has 0 unspecified atom stereocenters. The van der Waals surface area contributed by atoms with Gasteiger partial charge in [-0.25, -0.2) is 0 Å². The van der Waals surface area contributed by atoms with E-state index in [1.165, 1.54) is 11.1 Å². The fourth-order valence-corrected chi connectivity index (χ4v) is 1.35. The van der Waals surface area contributed by atoms with Crippen LogP contribution in [0.15, 0.2) is 30.3 Å². The van der Waals surface area contributed by atoms with Crippen molar-refractivity contribution in [1.82, 2.24) is 0 Å². The smallest absolute Gasteiger partial charge is 0.0412 e. The van der Waals surface area contributed by atoms with Crippen LogP contribution in [-0.2, 0) is 0 Å². The van der Waals surface area contributed by atoms with Crippen molar-refractivity contribution >= 4 is 17.2 Å². The molecule has 0 spiro atoms. The number of rotatable bonds is 2. The van der Waals surface area contributed by atoms with Gasteiger partial charge in [-0.1, -0.05) is 36.7 Å². The summed E-state index contributed by atoms with van der Waals surface area (Å²) in [5.74, 6) is 0. The van der Waals surface area contributed by atoms with Gasteiger partial charge in [0.05, 0.1) is 0 Å². The second kappa shape index (κ2) is 4.32. The Balaban J connectivity index is 2.95. The van der Waals surface area contributed by atoms with Gasteiger partial charge in [-0.15, -0.1) is 0 Å². The summed E-state index contributed by atoms with van der Waals surface area (Å²) >= 11 is 5.86. The first-order valence-corrected chi connectivity index (χ1v) is 4.54. The van der Waals surface area contributed by atoms with E-state index < -0.39 is 0 Å². The molecular formula is C11H13Cl. The Morgan fingerprint density at radius 3 is 2.83 bits per heavy atom. The molecule has 0 N–H and O–H groups in total. The lowest BCUT2D eigenvalue weighted by Gasteiger charge is -2.00. The summed E-state index contributed by atoms with van der Waals surface area (Å²) in [5.41, 5.74) is 2.50. The van der Waals surface area contributed by atoms with Crippen molar-refractivity contribution in [3.05, 3.63) is 40.9 Å². The molecule has 0 saturated carbocycles. The van der Waals surface area contributed by atoms with Crippen LogP contribution in [0.1, 0.15) is 25.8 Å². The van der Waals surface area contributed by atoms with E-state index in [1.54, 1.807) is 0 Å². The highest BCUT2D eigenvalue weighted by molar-refractivity contribution is 6.30. The summed E-state index contributed by atoms with van der Waals surface area (Å²) in [5, 5.41) is 0.802. The third-order valence-electron chi connectivity index (χ3n) is 1.79. The van der Waals surface area contributed by atoms with E-state index in [-0.39, 0.29) is 0 Å². The molecule has 0 aromatic heterocycles. The summed E-state index contributed by atoms with van der Waals surface area (Å²) in [6, 6.07) is 7.94. The lowest BCUT2D eigenvalue weighted by atomic mass is 10.1. The minimum atomic E-state index is 0.802. The van der Waals surface area contributed by atoms with Crippen LogP contribution in [0, 0.1) is 0 Å². The van der Waals surface area contributed by atoms with E-state index in [9.17, 15) is 0 Å². The maximum atomic E-state index is 5.86. The predicted molar refractivity (Wildman–Crippen MR) is 55.4 cm³/mol. The average Bonchev–Trinajstić information content (AvgIpc) is 2.05. The van der Waals surface area contributed by atoms with Crippen LogP contribution in [0.4, 0.5) is 0 Å². The van der Waals surface area contributed by atoms with Crippen molar-refractivity contribution < 1.29 is 0 Å². The van der Waals surface area contributed by atoms with Crippen molar-refractivity contribution in [3.63, 3.8) is 0 Å². The third-order valence-corrected chi connectivity index (χ3v) is 2.03. The minimum absolute atomic E-state index is 0.802. The van der Waals surface area contributed by atoms with Gasteiger partial charge in [0.1, 0.15) is 0 Å². The lowest BCUT2D eigenvalue weighted by molar-refractivity contribution is 1.22. The van der Waals surface area contributed by atoms with E-state index >= 15 is 0 Å². The first-order valence-electron chi connectivity index (χ1n) is 4.16. The maximum Gasteiger partial charge on any atom is 0.0412 e. The molecule has 1 aromatic rings. The SMILES string of the molecule is CC/C=C(\C)c1cccc(Cl)c1. The molecule has 0 atom stereocenters. The van der Waals surface area contributed by atoms with Crippen LogP contribution in [0.5, 0.6) is 0 Å². The Labute approximate surface area is 78.9 Å². The topological polar surface area (TPSA) is 0 Å². The number of benzene rings is 1. The fraction of sp³-hybridized carbons (Fsp3) is 0.273. The van der Waals surface area contributed by atoms with E-state index in [4.69, 9.17) is 11.6 Å². The van der Waals surface area contributed by atoms with Crippen LogP contribution in [0.3, 0.4) is 0 Å². The molecule has 0 fully saturated rings. The first kappa shape index (κ1) is 9.34. The summed E-state index contributed by atoms with van der Waals surface area (Å²) in [6.07, 6.45) is 3.27. The molecule has 1 heteroatoms. The second-order valence-corrected chi connectivity index (χ2v) is 3.24. The molecule has 0 aliphatic rings. The Morgan fingerprint density at radius 1 is 1.50 bits per heavy atom. The predicted octanol–water partition coefficient (Wildman–Crippen LogP) is 4.15. The van der Waals surface area contributed by atoms with E-state index in [2.05, 4.69) is 26.0 Å². The van der Waals surface area contributed by atoms with Gasteiger partial charge in [0, 0.05) is 5.02 Å². The van der Waals surface area contributed by atoms with Gasteiger partial charge in [0.25, 0.3) is 0 Å². The molecule has 12 heavy (non-hydrogen) atoms. The Bertz CT molecular complexity index is 287.